The second-order valence-corrected chi connectivity index (χ2v) is 8.17. The van der Waals surface area contributed by atoms with E-state index in [1.54, 1.807) is 48.5 Å². The summed E-state index contributed by atoms with van der Waals surface area (Å²) in [5.74, 6) is -1.32. The van der Waals surface area contributed by atoms with E-state index in [-0.39, 0.29) is 23.2 Å². The summed E-state index contributed by atoms with van der Waals surface area (Å²) in [6, 6.07) is 22.9. The molecule has 0 aliphatic carbocycles. The van der Waals surface area contributed by atoms with Gasteiger partial charge in [-0.3, -0.25) is 19.3 Å². The van der Waals surface area contributed by atoms with E-state index < -0.39 is 11.8 Å². The average Bonchev–Trinajstić information content (AvgIpc) is 3.01. The number of carbonyl (C=O) groups is 3. The molecular weight excluding hydrogens is 461 g/mol. The number of hydrogen-bond donors (Lipinski definition) is 2. The Bertz CT molecular complexity index is 1240. The molecular formula is C25H19Cl2N3O3. The maximum absolute atomic E-state index is 12.8. The molecule has 0 aromatic heterocycles. The number of hydrogen-bond acceptors (Lipinski definition) is 4. The fraction of sp³-hybridized carbons (Fsp3) is 0.0800. The molecule has 0 fully saturated rings. The van der Waals surface area contributed by atoms with Crippen molar-refractivity contribution < 1.29 is 14.4 Å². The minimum Gasteiger partial charge on any atom is -0.350 e. The van der Waals surface area contributed by atoms with E-state index >= 15 is 0 Å². The van der Waals surface area contributed by atoms with E-state index in [0.717, 1.165) is 10.5 Å². The van der Waals surface area contributed by atoms with E-state index in [4.69, 9.17) is 23.2 Å². The lowest BCUT2D eigenvalue weighted by Gasteiger charge is -2.15. The predicted octanol–water partition coefficient (Wildman–Crippen LogP) is 5.07. The van der Waals surface area contributed by atoms with Gasteiger partial charge in [-0.25, -0.2) is 0 Å². The number of amides is 3. The van der Waals surface area contributed by atoms with Gasteiger partial charge in [0.2, 0.25) is 0 Å². The Labute approximate surface area is 200 Å². The highest BCUT2D eigenvalue weighted by Gasteiger charge is 2.37. The topological polar surface area (TPSA) is 78.5 Å². The third kappa shape index (κ3) is 5.25. The van der Waals surface area contributed by atoms with Crippen LogP contribution in [-0.4, -0.2) is 29.2 Å². The molecule has 0 bridgehead atoms. The summed E-state index contributed by atoms with van der Waals surface area (Å²) in [5.41, 5.74) is 2.55. The standard InChI is InChI=1S/C25H19Cl2N3O3/c26-18-7-4-8-20(15-18)29-23(31)17-9-11-19(12-10-17)28-22-21(27)24(32)30(25(22)33)14-13-16-5-2-1-3-6-16/h1-12,15,28H,13-14H2,(H,29,31). The largest absolute Gasteiger partial charge is 0.350 e. The van der Waals surface area contributed by atoms with Gasteiger partial charge >= 0.3 is 0 Å². The number of halogens is 2. The Morgan fingerprint density at radius 2 is 1.55 bits per heavy atom. The summed E-state index contributed by atoms with van der Waals surface area (Å²) < 4.78 is 0. The smallest absolute Gasteiger partial charge is 0.278 e. The molecule has 1 aliphatic heterocycles. The monoisotopic (exact) mass is 479 g/mol. The second-order valence-electron chi connectivity index (χ2n) is 7.35. The molecule has 3 amide bonds. The summed E-state index contributed by atoms with van der Waals surface area (Å²) in [6.45, 7) is 0.228. The molecule has 3 aromatic carbocycles. The summed E-state index contributed by atoms with van der Waals surface area (Å²) in [7, 11) is 0. The van der Waals surface area contributed by atoms with Crippen LogP contribution in [0.15, 0.2) is 89.6 Å². The molecule has 0 radical (unpaired) electrons. The number of nitrogens with one attached hydrogen (secondary N) is 2. The Balaban J connectivity index is 1.40. The van der Waals surface area contributed by atoms with Crippen LogP contribution in [0.4, 0.5) is 11.4 Å². The Kier molecular flexibility index (Phi) is 6.77. The fourth-order valence-corrected chi connectivity index (χ4v) is 3.78. The third-order valence-electron chi connectivity index (χ3n) is 5.08. The van der Waals surface area contributed by atoms with Gasteiger partial charge in [0.25, 0.3) is 17.7 Å². The number of rotatable bonds is 7. The van der Waals surface area contributed by atoms with Crippen molar-refractivity contribution in [2.24, 2.45) is 0 Å². The SMILES string of the molecule is O=C(Nc1cccc(Cl)c1)c1ccc(NC2=C(Cl)C(=O)N(CCc3ccccc3)C2=O)cc1. The number of imide groups is 1. The summed E-state index contributed by atoms with van der Waals surface area (Å²) in [4.78, 5) is 38.9. The lowest BCUT2D eigenvalue weighted by atomic mass is 10.1. The molecule has 6 nitrogen and oxygen atoms in total. The van der Waals surface area contributed by atoms with Gasteiger partial charge < -0.3 is 10.6 Å². The zero-order chi connectivity index (χ0) is 23.4. The molecule has 0 unspecified atom stereocenters. The summed E-state index contributed by atoms with van der Waals surface area (Å²) >= 11 is 12.1. The van der Waals surface area contributed by atoms with Crippen LogP contribution < -0.4 is 10.6 Å². The second kappa shape index (κ2) is 9.90. The van der Waals surface area contributed by atoms with Crippen LogP contribution in [0, 0.1) is 0 Å². The van der Waals surface area contributed by atoms with Crippen molar-refractivity contribution in [3.63, 3.8) is 0 Å². The molecule has 4 rings (SSSR count). The molecule has 1 aliphatic rings. The van der Waals surface area contributed by atoms with Gasteiger partial charge in [-0.1, -0.05) is 59.6 Å². The first kappa shape index (κ1) is 22.6. The van der Waals surface area contributed by atoms with Gasteiger partial charge in [-0.2, -0.15) is 0 Å². The van der Waals surface area contributed by atoms with Crippen LogP contribution in [0.25, 0.3) is 0 Å². The maximum atomic E-state index is 12.8. The average molecular weight is 480 g/mol. The first-order valence-electron chi connectivity index (χ1n) is 10.2. The van der Waals surface area contributed by atoms with E-state index in [1.807, 2.05) is 30.3 Å². The Morgan fingerprint density at radius 3 is 2.24 bits per heavy atom. The van der Waals surface area contributed by atoms with Crippen LogP contribution in [0.2, 0.25) is 5.02 Å². The molecule has 2 N–H and O–H groups in total. The molecule has 0 saturated carbocycles. The lowest BCUT2D eigenvalue weighted by Crippen LogP contribution is -2.34. The summed E-state index contributed by atoms with van der Waals surface area (Å²) in [5, 5.41) is 6.04. The molecule has 33 heavy (non-hydrogen) atoms. The van der Waals surface area contributed by atoms with Gasteiger partial charge in [0.1, 0.15) is 10.7 Å². The number of benzene rings is 3. The van der Waals surface area contributed by atoms with Crippen LogP contribution in [-0.2, 0) is 16.0 Å². The molecule has 0 saturated heterocycles. The maximum Gasteiger partial charge on any atom is 0.278 e. The molecule has 3 aromatic rings. The lowest BCUT2D eigenvalue weighted by molar-refractivity contribution is -0.137. The van der Waals surface area contributed by atoms with E-state index in [9.17, 15) is 14.4 Å². The molecule has 0 atom stereocenters. The quantitative estimate of drug-likeness (QED) is 0.463. The number of nitrogens with zero attached hydrogens (tertiary/aromatic N) is 1. The van der Waals surface area contributed by atoms with Crippen molar-refractivity contribution in [2.75, 3.05) is 17.2 Å². The highest BCUT2D eigenvalue weighted by molar-refractivity contribution is 6.48. The minimum atomic E-state index is -0.530. The molecule has 0 spiro atoms. The minimum absolute atomic E-state index is 0.0193. The van der Waals surface area contributed by atoms with Gasteiger partial charge in [0, 0.05) is 28.5 Å². The number of anilines is 2. The van der Waals surface area contributed by atoms with Crippen LogP contribution in [0.3, 0.4) is 0 Å². The van der Waals surface area contributed by atoms with Crippen molar-refractivity contribution in [3.8, 4) is 0 Å². The predicted molar refractivity (Wildman–Crippen MR) is 129 cm³/mol. The van der Waals surface area contributed by atoms with Gasteiger partial charge in [-0.05, 0) is 54.4 Å². The molecule has 8 heteroatoms. The normalized spacial score (nSPS) is 13.5. The Morgan fingerprint density at radius 1 is 0.818 bits per heavy atom. The van der Waals surface area contributed by atoms with Crippen molar-refractivity contribution in [2.45, 2.75) is 6.42 Å². The van der Waals surface area contributed by atoms with Gasteiger partial charge in [0.05, 0.1) is 0 Å². The van der Waals surface area contributed by atoms with Crippen molar-refractivity contribution >= 4 is 52.3 Å². The summed E-state index contributed by atoms with van der Waals surface area (Å²) in [6.07, 6.45) is 0.534. The zero-order valence-electron chi connectivity index (χ0n) is 17.3. The van der Waals surface area contributed by atoms with Gasteiger partial charge in [-0.15, -0.1) is 0 Å². The van der Waals surface area contributed by atoms with E-state index in [2.05, 4.69) is 10.6 Å². The van der Waals surface area contributed by atoms with Crippen LogP contribution in [0.5, 0.6) is 0 Å². The number of carbonyl (C=O) groups excluding carboxylic acids is 3. The van der Waals surface area contributed by atoms with Crippen LogP contribution in [0.1, 0.15) is 15.9 Å². The first-order chi connectivity index (χ1) is 15.9. The first-order valence-corrected chi connectivity index (χ1v) is 10.9. The van der Waals surface area contributed by atoms with Crippen molar-refractivity contribution in [3.05, 3.63) is 106 Å². The van der Waals surface area contributed by atoms with Crippen molar-refractivity contribution in [1.82, 2.24) is 4.90 Å². The van der Waals surface area contributed by atoms with Crippen LogP contribution >= 0.6 is 23.2 Å². The highest BCUT2D eigenvalue weighted by atomic mass is 35.5. The van der Waals surface area contributed by atoms with E-state index in [1.165, 1.54) is 0 Å². The molecule has 166 valence electrons. The zero-order valence-corrected chi connectivity index (χ0v) is 18.9. The van der Waals surface area contributed by atoms with Gasteiger partial charge in [0.15, 0.2) is 0 Å². The van der Waals surface area contributed by atoms with Crippen molar-refractivity contribution in [1.29, 1.82) is 0 Å². The Hall–Kier alpha value is -3.61. The molecule has 1 heterocycles. The third-order valence-corrected chi connectivity index (χ3v) is 5.66. The fourth-order valence-electron chi connectivity index (χ4n) is 3.36. The highest BCUT2D eigenvalue weighted by Crippen LogP contribution is 2.26. The van der Waals surface area contributed by atoms with E-state index in [0.29, 0.717) is 28.4 Å².